The largest absolute Gasteiger partial charge is 0.382 e. The fourth-order valence-electron chi connectivity index (χ4n) is 1.38. The molecular formula is C11H11BrN4O. The maximum Gasteiger partial charge on any atom is 0.246 e. The summed E-state index contributed by atoms with van der Waals surface area (Å²) in [4.78, 5) is 11.7. The van der Waals surface area contributed by atoms with Crippen LogP contribution in [0.4, 0.5) is 11.5 Å². The Bertz CT molecular complexity index is 538. The molecule has 5 nitrogen and oxygen atoms in total. The average Bonchev–Trinajstić information content (AvgIpc) is 2.63. The van der Waals surface area contributed by atoms with Crippen LogP contribution in [0.5, 0.6) is 0 Å². The molecule has 2 rings (SSSR count). The average molecular weight is 295 g/mol. The Morgan fingerprint density at radius 1 is 1.47 bits per heavy atom. The molecule has 0 fully saturated rings. The highest BCUT2D eigenvalue weighted by atomic mass is 79.9. The second kappa shape index (κ2) is 5.01. The third-order valence-corrected chi connectivity index (χ3v) is 2.57. The fraction of sp³-hybridized carbons (Fsp3) is 0.0909. The van der Waals surface area contributed by atoms with Crippen molar-refractivity contribution < 1.29 is 4.79 Å². The Morgan fingerprint density at radius 3 is 2.94 bits per heavy atom. The van der Waals surface area contributed by atoms with Crippen LogP contribution in [0.25, 0.3) is 0 Å². The number of aromatic nitrogens is 2. The molecule has 0 aliphatic rings. The minimum Gasteiger partial charge on any atom is -0.382 e. The van der Waals surface area contributed by atoms with E-state index < -0.39 is 0 Å². The Labute approximate surface area is 107 Å². The van der Waals surface area contributed by atoms with Gasteiger partial charge in [-0.2, -0.15) is 5.10 Å². The number of nitrogens with two attached hydrogens (primary N) is 1. The van der Waals surface area contributed by atoms with E-state index in [-0.39, 0.29) is 12.5 Å². The summed E-state index contributed by atoms with van der Waals surface area (Å²) in [6.07, 6.45) is 1.66. The standard InChI is InChI=1S/C11H11BrN4O/c12-8-2-1-3-9(6-8)14-11(17)7-16-5-4-10(13)15-16/h1-6H,7H2,(H2,13,15)(H,14,17). The number of carbonyl (C=O) groups is 1. The highest BCUT2D eigenvalue weighted by Gasteiger charge is 2.04. The molecule has 17 heavy (non-hydrogen) atoms. The zero-order valence-electron chi connectivity index (χ0n) is 8.93. The lowest BCUT2D eigenvalue weighted by Crippen LogP contribution is -2.19. The summed E-state index contributed by atoms with van der Waals surface area (Å²) in [6.45, 7) is 0.143. The molecular weight excluding hydrogens is 284 g/mol. The van der Waals surface area contributed by atoms with E-state index in [1.165, 1.54) is 4.68 Å². The predicted molar refractivity (Wildman–Crippen MR) is 69.4 cm³/mol. The van der Waals surface area contributed by atoms with Crippen LogP contribution in [0.1, 0.15) is 0 Å². The van der Waals surface area contributed by atoms with E-state index in [0.29, 0.717) is 5.82 Å². The number of hydrogen-bond donors (Lipinski definition) is 2. The number of amides is 1. The summed E-state index contributed by atoms with van der Waals surface area (Å²) in [5, 5.41) is 6.70. The van der Waals surface area contributed by atoms with Crippen molar-refractivity contribution in [2.24, 2.45) is 0 Å². The third-order valence-electron chi connectivity index (χ3n) is 2.08. The number of nitrogen functional groups attached to an aromatic ring is 1. The highest BCUT2D eigenvalue weighted by Crippen LogP contribution is 2.15. The van der Waals surface area contributed by atoms with Gasteiger partial charge in [0, 0.05) is 16.4 Å². The van der Waals surface area contributed by atoms with Crippen molar-refractivity contribution in [1.29, 1.82) is 0 Å². The van der Waals surface area contributed by atoms with Gasteiger partial charge >= 0.3 is 0 Å². The monoisotopic (exact) mass is 294 g/mol. The summed E-state index contributed by atoms with van der Waals surface area (Å²) < 4.78 is 2.40. The van der Waals surface area contributed by atoms with Crippen LogP contribution in [0.3, 0.4) is 0 Å². The summed E-state index contributed by atoms with van der Waals surface area (Å²) in [5.74, 6) is 0.256. The van der Waals surface area contributed by atoms with Crippen LogP contribution in [-0.2, 0) is 11.3 Å². The van der Waals surface area contributed by atoms with Crippen LogP contribution in [0.2, 0.25) is 0 Å². The Hall–Kier alpha value is -1.82. The van der Waals surface area contributed by atoms with Gasteiger partial charge < -0.3 is 11.1 Å². The fourth-order valence-corrected chi connectivity index (χ4v) is 1.78. The molecule has 0 radical (unpaired) electrons. The number of nitrogens with zero attached hydrogens (tertiary/aromatic N) is 2. The van der Waals surface area contributed by atoms with E-state index in [0.717, 1.165) is 10.2 Å². The van der Waals surface area contributed by atoms with Gasteiger partial charge in [0.1, 0.15) is 12.4 Å². The van der Waals surface area contributed by atoms with Gasteiger partial charge in [-0.15, -0.1) is 0 Å². The molecule has 0 aliphatic carbocycles. The SMILES string of the molecule is Nc1ccn(CC(=O)Nc2cccc(Br)c2)n1. The smallest absolute Gasteiger partial charge is 0.246 e. The number of carbonyl (C=O) groups excluding carboxylic acids is 1. The highest BCUT2D eigenvalue weighted by molar-refractivity contribution is 9.10. The first kappa shape index (κ1) is 11.7. The molecule has 6 heteroatoms. The maximum atomic E-state index is 11.7. The molecule has 1 aromatic carbocycles. The lowest BCUT2D eigenvalue weighted by atomic mass is 10.3. The van der Waals surface area contributed by atoms with Crippen LogP contribution in [0.15, 0.2) is 41.0 Å². The molecule has 0 aliphatic heterocycles. The first-order chi connectivity index (χ1) is 8.13. The minimum atomic E-state index is -0.147. The van der Waals surface area contributed by atoms with E-state index in [1.807, 2.05) is 24.3 Å². The Balaban J connectivity index is 1.98. The third kappa shape index (κ3) is 3.32. The van der Waals surface area contributed by atoms with Crippen molar-refractivity contribution in [1.82, 2.24) is 9.78 Å². The molecule has 1 amide bonds. The number of rotatable bonds is 3. The minimum absolute atomic E-state index is 0.143. The van der Waals surface area contributed by atoms with Crippen molar-refractivity contribution in [3.8, 4) is 0 Å². The van der Waals surface area contributed by atoms with Gasteiger partial charge in [-0.25, -0.2) is 0 Å². The van der Waals surface area contributed by atoms with Crippen LogP contribution in [0, 0.1) is 0 Å². The molecule has 0 atom stereocenters. The predicted octanol–water partition coefficient (Wildman–Crippen LogP) is 1.87. The first-order valence-corrected chi connectivity index (χ1v) is 5.77. The van der Waals surface area contributed by atoms with E-state index in [1.54, 1.807) is 12.3 Å². The van der Waals surface area contributed by atoms with Gasteiger partial charge in [-0.05, 0) is 24.3 Å². The summed E-state index contributed by atoms with van der Waals surface area (Å²) >= 11 is 3.34. The van der Waals surface area contributed by atoms with Crippen molar-refractivity contribution in [3.63, 3.8) is 0 Å². The summed E-state index contributed by atoms with van der Waals surface area (Å²) in [6, 6.07) is 9.04. The molecule has 1 heterocycles. The molecule has 0 saturated heterocycles. The second-order valence-corrected chi connectivity index (χ2v) is 4.41. The maximum absolute atomic E-state index is 11.7. The molecule has 88 valence electrons. The van der Waals surface area contributed by atoms with Crippen molar-refractivity contribution in [3.05, 3.63) is 41.0 Å². The Morgan fingerprint density at radius 2 is 2.29 bits per heavy atom. The van der Waals surface area contributed by atoms with Crippen LogP contribution in [-0.4, -0.2) is 15.7 Å². The lowest BCUT2D eigenvalue weighted by Gasteiger charge is -2.05. The van der Waals surface area contributed by atoms with E-state index in [4.69, 9.17) is 5.73 Å². The summed E-state index contributed by atoms with van der Waals surface area (Å²) in [5.41, 5.74) is 6.20. The lowest BCUT2D eigenvalue weighted by molar-refractivity contribution is -0.116. The zero-order chi connectivity index (χ0) is 12.3. The molecule has 1 aromatic heterocycles. The van der Waals surface area contributed by atoms with Gasteiger partial charge in [-0.3, -0.25) is 9.48 Å². The van der Waals surface area contributed by atoms with Gasteiger partial charge in [0.15, 0.2) is 0 Å². The number of benzene rings is 1. The van der Waals surface area contributed by atoms with Gasteiger partial charge in [-0.1, -0.05) is 22.0 Å². The number of halogens is 1. The van der Waals surface area contributed by atoms with E-state index in [2.05, 4.69) is 26.3 Å². The molecule has 3 N–H and O–H groups in total. The number of anilines is 2. The first-order valence-electron chi connectivity index (χ1n) is 4.98. The van der Waals surface area contributed by atoms with Gasteiger partial charge in [0.05, 0.1) is 0 Å². The van der Waals surface area contributed by atoms with Crippen molar-refractivity contribution >= 4 is 33.3 Å². The normalized spacial score (nSPS) is 10.2. The van der Waals surface area contributed by atoms with E-state index >= 15 is 0 Å². The summed E-state index contributed by atoms with van der Waals surface area (Å²) in [7, 11) is 0. The zero-order valence-corrected chi connectivity index (χ0v) is 10.5. The van der Waals surface area contributed by atoms with Gasteiger partial charge in [0.25, 0.3) is 0 Å². The molecule has 2 aromatic rings. The van der Waals surface area contributed by atoms with Gasteiger partial charge in [0.2, 0.25) is 5.91 Å². The van der Waals surface area contributed by atoms with Crippen LogP contribution >= 0.6 is 15.9 Å². The molecule has 0 spiro atoms. The molecule has 0 bridgehead atoms. The number of hydrogen-bond acceptors (Lipinski definition) is 3. The second-order valence-electron chi connectivity index (χ2n) is 3.50. The molecule has 0 unspecified atom stereocenters. The van der Waals surface area contributed by atoms with E-state index in [9.17, 15) is 4.79 Å². The quantitative estimate of drug-likeness (QED) is 0.908. The van der Waals surface area contributed by atoms with Crippen LogP contribution < -0.4 is 11.1 Å². The Kier molecular flexibility index (Phi) is 3.43. The van der Waals surface area contributed by atoms with Crippen molar-refractivity contribution in [2.45, 2.75) is 6.54 Å². The van der Waals surface area contributed by atoms with Crippen molar-refractivity contribution in [2.75, 3.05) is 11.1 Å². The number of nitrogens with one attached hydrogen (secondary N) is 1. The molecule has 0 saturated carbocycles. The topological polar surface area (TPSA) is 72.9 Å².